The van der Waals surface area contributed by atoms with Gasteiger partial charge in [-0.2, -0.15) is 10.2 Å². The van der Waals surface area contributed by atoms with Gasteiger partial charge in [0.1, 0.15) is 17.2 Å². The lowest BCUT2D eigenvalue weighted by Gasteiger charge is -2.23. The van der Waals surface area contributed by atoms with Crippen molar-refractivity contribution in [1.29, 1.82) is 0 Å². The number of hydrogen-bond acceptors (Lipinski definition) is 9. The fourth-order valence-electron chi connectivity index (χ4n) is 7.03. The van der Waals surface area contributed by atoms with E-state index in [1.165, 1.54) is 64.9 Å². The van der Waals surface area contributed by atoms with Crippen LogP contribution in [0, 0.1) is 0 Å². The molecule has 16 heteroatoms. The minimum absolute atomic E-state index is 0.0424. The number of halogens is 4. The second kappa shape index (κ2) is 23.3. The fourth-order valence-corrected chi connectivity index (χ4v) is 8.17. The lowest BCUT2D eigenvalue weighted by molar-refractivity contribution is -0.123. The molecule has 2 amide bonds. The summed E-state index contributed by atoms with van der Waals surface area (Å²) in [5, 5.41) is 24.1. The first-order valence-electron chi connectivity index (χ1n) is 21.2. The number of carbonyl (C=O) groups is 2. The molecule has 1 saturated heterocycles. The van der Waals surface area contributed by atoms with Gasteiger partial charge in [-0.3, -0.25) is 15.0 Å². The van der Waals surface area contributed by atoms with Gasteiger partial charge in [0.15, 0.2) is 23.4 Å². The van der Waals surface area contributed by atoms with Crippen LogP contribution < -0.4 is 30.0 Å². The number of methoxy groups -OCH3 is 2. The number of nitrogens with one attached hydrogen (secondary N) is 2. The van der Waals surface area contributed by atoms with Gasteiger partial charge in [0.05, 0.1) is 40.7 Å². The molecular weight excluding hydrogens is 886 g/mol. The summed E-state index contributed by atoms with van der Waals surface area (Å²) in [5.41, 5.74) is 4.44. The molecule has 12 nitrogen and oxygen atoms in total. The van der Waals surface area contributed by atoms with Crippen LogP contribution in [-0.2, 0) is 15.0 Å². The lowest BCUT2D eigenvalue weighted by Crippen LogP contribution is -2.36. The maximum atomic E-state index is 14.1. The van der Waals surface area contributed by atoms with Crippen LogP contribution >= 0.6 is 46.4 Å². The summed E-state index contributed by atoms with van der Waals surface area (Å²) >= 11 is 26.0. The van der Waals surface area contributed by atoms with Crippen LogP contribution in [-0.4, -0.2) is 49.1 Å². The van der Waals surface area contributed by atoms with E-state index in [1.54, 1.807) is 54.6 Å². The van der Waals surface area contributed by atoms with Gasteiger partial charge in [-0.25, -0.2) is 10.0 Å². The third-order valence-electron chi connectivity index (χ3n) is 10.4. The number of phenolic OH excluding ortho intramolecular Hbond substituents is 1. The number of benzene rings is 4. The first-order valence-corrected chi connectivity index (χ1v) is 22.7. The Morgan fingerprint density at radius 3 is 2.11 bits per heavy atom. The predicted octanol–water partition coefficient (Wildman–Crippen LogP) is 13.8. The van der Waals surface area contributed by atoms with E-state index < -0.39 is 18.1 Å². The number of phenols is 1. The highest BCUT2D eigenvalue weighted by molar-refractivity contribution is 6.43. The first kappa shape index (κ1) is 49.3. The molecular formula is C47H56Cl4N6O6. The summed E-state index contributed by atoms with van der Waals surface area (Å²) < 4.78 is 17.1. The number of ether oxygens (including phenoxy) is 3. The molecule has 0 spiro atoms. The normalized spacial score (nSPS) is 15.2. The number of unbranched alkanes of at least 4 members (excludes halogenated alkanes) is 9. The summed E-state index contributed by atoms with van der Waals surface area (Å²) in [4.78, 5) is 32.9. The van der Waals surface area contributed by atoms with E-state index in [2.05, 4.69) is 27.9 Å². The van der Waals surface area contributed by atoms with Crippen LogP contribution in [0.2, 0.25) is 20.1 Å². The van der Waals surface area contributed by atoms with Crippen LogP contribution in [0.5, 0.6) is 23.0 Å². The van der Waals surface area contributed by atoms with E-state index in [0.717, 1.165) is 30.7 Å². The second-order valence-corrected chi connectivity index (χ2v) is 18.0. The smallest absolute Gasteiger partial charge is 0.280 e. The average molecular weight is 943 g/mol. The van der Waals surface area contributed by atoms with Gasteiger partial charge in [0.25, 0.3) is 11.8 Å². The summed E-state index contributed by atoms with van der Waals surface area (Å²) in [6, 6.07) is 16.4. The zero-order chi connectivity index (χ0) is 45.7. The number of anilines is 2. The molecule has 0 aliphatic carbocycles. The Hall–Kier alpha value is -4.75. The second-order valence-electron chi connectivity index (χ2n) is 16.3. The molecule has 0 bridgehead atoms. The number of azo groups is 1. The number of rotatable bonds is 21. The van der Waals surface area contributed by atoms with Crippen LogP contribution in [0.3, 0.4) is 0 Å². The van der Waals surface area contributed by atoms with Crippen molar-refractivity contribution in [2.75, 3.05) is 24.5 Å². The Balaban J connectivity index is 1.41. The Labute approximate surface area is 390 Å². The molecule has 0 unspecified atom stereocenters. The molecule has 338 valence electrons. The highest BCUT2D eigenvalue weighted by Crippen LogP contribution is 2.39. The van der Waals surface area contributed by atoms with Crippen LogP contribution in [0.4, 0.5) is 22.7 Å². The standard InChI is InChI=1S/C47H56Cl4N6O6/c1-7-8-9-10-11-12-13-14-15-16-17-40(63-32-20-22-38(58)33(28-32)47(2,3)4)45(59)52-30-18-21-34(49)37(26-30)53-44-42(55-54-31-19-23-39(61-5)41(27-31)62-6)46(60)57(56-44)43-35(50)24-29(48)25-36(43)51/h18-28,40,42,58H,7-17H2,1-6H3,(H,52,59)(H,53,56)/t40-,42-/m0/s1. The van der Waals surface area contributed by atoms with Crippen molar-refractivity contribution in [3.63, 3.8) is 0 Å². The molecule has 63 heavy (non-hydrogen) atoms. The van der Waals surface area contributed by atoms with Crippen molar-refractivity contribution < 1.29 is 28.9 Å². The van der Waals surface area contributed by atoms with Crippen molar-refractivity contribution in [2.45, 2.75) is 116 Å². The predicted molar refractivity (Wildman–Crippen MR) is 255 cm³/mol. The fraction of sp³-hybridized carbons (Fsp3) is 0.426. The third kappa shape index (κ3) is 13.6. The minimum atomic E-state index is -1.31. The third-order valence-corrected chi connectivity index (χ3v) is 11.5. The van der Waals surface area contributed by atoms with Gasteiger partial charge in [-0.15, -0.1) is 0 Å². The maximum absolute atomic E-state index is 14.1. The summed E-state index contributed by atoms with van der Waals surface area (Å²) in [6.45, 7) is 8.23. The molecule has 0 radical (unpaired) electrons. The number of carbonyl (C=O) groups excluding carboxylic acids is 2. The summed E-state index contributed by atoms with van der Waals surface area (Å²) in [6.07, 6.45) is 11.2. The zero-order valence-corrected chi connectivity index (χ0v) is 39.6. The molecule has 0 aromatic heterocycles. The van der Waals surface area contributed by atoms with Gasteiger partial charge in [-0.1, -0.05) is 132 Å². The molecule has 1 heterocycles. The average Bonchev–Trinajstić information content (AvgIpc) is 3.53. The van der Waals surface area contributed by atoms with E-state index in [4.69, 9.17) is 65.6 Å². The number of hydrogen-bond donors (Lipinski definition) is 3. The van der Waals surface area contributed by atoms with Crippen LogP contribution in [0.15, 0.2) is 82.0 Å². The van der Waals surface area contributed by atoms with E-state index in [9.17, 15) is 14.7 Å². The summed E-state index contributed by atoms with van der Waals surface area (Å²) in [7, 11) is 3.01. The molecule has 1 fully saturated rings. The molecule has 1 aliphatic heterocycles. The highest BCUT2D eigenvalue weighted by Gasteiger charge is 2.41. The molecule has 3 N–H and O–H groups in total. The van der Waals surface area contributed by atoms with Gasteiger partial charge < -0.3 is 24.6 Å². The number of amidine groups is 1. The Morgan fingerprint density at radius 2 is 1.48 bits per heavy atom. The molecule has 2 atom stereocenters. The van der Waals surface area contributed by atoms with Crippen molar-refractivity contribution >= 4 is 86.8 Å². The molecule has 0 saturated carbocycles. The van der Waals surface area contributed by atoms with Crippen LogP contribution in [0.25, 0.3) is 0 Å². The topological polar surface area (TPSA) is 146 Å². The van der Waals surface area contributed by atoms with Crippen molar-refractivity contribution in [3.8, 4) is 23.0 Å². The van der Waals surface area contributed by atoms with Crippen molar-refractivity contribution in [2.24, 2.45) is 15.2 Å². The number of nitrogens with zero attached hydrogens (tertiary/aromatic N) is 4. The largest absolute Gasteiger partial charge is 0.508 e. The highest BCUT2D eigenvalue weighted by atomic mass is 35.5. The van der Waals surface area contributed by atoms with Crippen molar-refractivity contribution in [3.05, 3.63) is 92.4 Å². The number of hydrazine groups is 1. The van der Waals surface area contributed by atoms with E-state index >= 15 is 0 Å². The molecule has 4 aromatic carbocycles. The van der Waals surface area contributed by atoms with Gasteiger partial charge in [0, 0.05) is 22.3 Å². The van der Waals surface area contributed by atoms with E-state index in [-0.39, 0.29) is 54.4 Å². The van der Waals surface area contributed by atoms with E-state index in [1.807, 2.05) is 20.8 Å². The van der Waals surface area contributed by atoms with E-state index in [0.29, 0.717) is 40.6 Å². The van der Waals surface area contributed by atoms with Crippen LogP contribution in [0.1, 0.15) is 104 Å². The first-order chi connectivity index (χ1) is 30.1. The SMILES string of the molecule is CCCCCCCCCCCC[C@H](Oc1ccc(O)c(C(C)(C)C)c1)C(=O)Nc1ccc(Cl)c(N=C2NN(c3c(Cl)cc(Cl)cc3Cl)C(=O)[C@H]2N=Nc2ccc(OC)c(OC)c2)c1. The number of amides is 2. The van der Waals surface area contributed by atoms with Gasteiger partial charge >= 0.3 is 0 Å². The zero-order valence-electron chi connectivity index (χ0n) is 36.6. The van der Waals surface area contributed by atoms with Gasteiger partial charge in [0.2, 0.25) is 6.04 Å². The molecule has 5 rings (SSSR count). The number of aromatic hydroxyl groups is 1. The van der Waals surface area contributed by atoms with Crippen molar-refractivity contribution in [1.82, 2.24) is 5.43 Å². The summed E-state index contributed by atoms with van der Waals surface area (Å²) in [5.74, 6) is 0.617. The Bertz CT molecular complexity index is 2260. The minimum Gasteiger partial charge on any atom is -0.508 e. The monoisotopic (exact) mass is 940 g/mol. The Kier molecular flexibility index (Phi) is 18.2. The molecule has 4 aromatic rings. The molecule has 1 aliphatic rings. The Morgan fingerprint density at radius 1 is 0.825 bits per heavy atom. The quantitative estimate of drug-likeness (QED) is 0.0557. The number of aliphatic imine (C=N–C) groups is 1. The lowest BCUT2D eigenvalue weighted by atomic mass is 9.86. The maximum Gasteiger partial charge on any atom is 0.280 e. The van der Waals surface area contributed by atoms with Gasteiger partial charge in [-0.05, 0) is 78.9 Å².